The molecule has 0 aliphatic rings. The summed E-state index contributed by atoms with van der Waals surface area (Å²) >= 11 is 0. The number of aryl methyl sites for hydroxylation is 3. The summed E-state index contributed by atoms with van der Waals surface area (Å²) in [7, 11) is 0. The van der Waals surface area contributed by atoms with Gasteiger partial charge in [-0.15, -0.1) is 0 Å². The van der Waals surface area contributed by atoms with Crippen molar-refractivity contribution in [3.05, 3.63) is 106 Å². The second-order valence-corrected chi connectivity index (χ2v) is 7.70. The molecule has 0 heterocycles. The molecule has 4 heteroatoms. The van der Waals surface area contributed by atoms with Crippen LogP contribution in [0.3, 0.4) is 0 Å². The van der Waals surface area contributed by atoms with E-state index in [0.717, 1.165) is 29.5 Å². The molecule has 0 aliphatic heterocycles. The Labute approximate surface area is 175 Å². The van der Waals surface area contributed by atoms with E-state index < -0.39 is 12.1 Å². The van der Waals surface area contributed by atoms with Crippen molar-refractivity contribution in [2.45, 2.75) is 51.1 Å². The molecule has 0 amide bonds. The van der Waals surface area contributed by atoms with E-state index in [4.69, 9.17) is 0 Å². The van der Waals surface area contributed by atoms with Crippen LogP contribution in [-0.4, -0.2) is 6.18 Å². The smallest absolute Gasteiger partial charge is 0.207 e. The number of alkyl halides is 3. The Morgan fingerprint density at radius 1 is 0.733 bits per heavy atom. The van der Waals surface area contributed by atoms with Gasteiger partial charge >= 0.3 is 6.18 Å². The summed E-state index contributed by atoms with van der Waals surface area (Å²) in [5.41, 5.74) is 3.63. The first-order valence-corrected chi connectivity index (χ1v) is 10.3. The first-order valence-electron chi connectivity index (χ1n) is 10.3. The second kappa shape index (κ2) is 9.92. The summed E-state index contributed by atoms with van der Waals surface area (Å²) < 4.78 is 54.8. The van der Waals surface area contributed by atoms with Crippen LogP contribution in [0.15, 0.2) is 72.8 Å². The Bertz CT molecular complexity index is 927. The van der Waals surface area contributed by atoms with Gasteiger partial charge in [0, 0.05) is 0 Å². The van der Waals surface area contributed by atoms with E-state index >= 15 is 0 Å². The quantitative estimate of drug-likeness (QED) is 0.336. The van der Waals surface area contributed by atoms with Crippen LogP contribution in [0, 0.1) is 5.82 Å². The van der Waals surface area contributed by atoms with Crippen LogP contribution in [0.1, 0.15) is 47.1 Å². The Morgan fingerprint density at radius 3 is 1.93 bits per heavy atom. The van der Waals surface area contributed by atoms with Crippen molar-refractivity contribution in [1.29, 1.82) is 0 Å². The zero-order valence-electron chi connectivity index (χ0n) is 17.1. The standard InChI is InChI=1S/C26H26F4/c1-2-6-23-16-15-21(18-25(23)27)14-11-19-9-12-20(13-10-19)17-24(26(28,29)30)22-7-4-3-5-8-22/h3-5,7-10,12-13,15-16,18,24H,2,6,11,14,17H2,1H3/t24-/m0/s1. The first kappa shape index (κ1) is 22.1. The van der Waals surface area contributed by atoms with Crippen LogP contribution >= 0.6 is 0 Å². The van der Waals surface area contributed by atoms with Crippen molar-refractivity contribution in [2.75, 3.05) is 0 Å². The van der Waals surface area contributed by atoms with Crippen molar-refractivity contribution in [3.63, 3.8) is 0 Å². The van der Waals surface area contributed by atoms with Crippen LogP contribution in [0.25, 0.3) is 0 Å². The lowest BCUT2D eigenvalue weighted by atomic mass is 9.91. The average Bonchev–Trinajstić information content (AvgIpc) is 2.73. The second-order valence-electron chi connectivity index (χ2n) is 7.70. The summed E-state index contributed by atoms with van der Waals surface area (Å²) in [5.74, 6) is -1.68. The van der Waals surface area contributed by atoms with E-state index in [1.54, 1.807) is 36.4 Å². The summed E-state index contributed by atoms with van der Waals surface area (Å²) in [6.07, 6.45) is -1.34. The highest BCUT2D eigenvalue weighted by Gasteiger charge is 2.40. The van der Waals surface area contributed by atoms with Crippen molar-refractivity contribution < 1.29 is 17.6 Å². The molecule has 30 heavy (non-hydrogen) atoms. The summed E-state index contributed by atoms with van der Waals surface area (Å²) in [4.78, 5) is 0. The molecule has 0 unspecified atom stereocenters. The minimum atomic E-state index is -4.30. The van der Waals surface area contributed by atoms with E-state index in [1.165, 1.54) is 12.1 Å². The lowest BCUT2D eigenvalue weighted by molar-refractivity contribution is -0.150. The van der Waals surface area contributed by atoms with Crippen LogP contribution in [0.4, 0.5) is 17.6 Å². The molecule has 1 atom stereocenters. The third-order valence-corrected chi connectivity index (χ3v) is 5.40. The predicted octanol–water partition coefficient (Wildman–Crippen LogP) is 7.45. The van der Waals surface area contributed by atoms with Gasteiger partial charge in [0.05, 0.1) is 5.92 Å². The van der Waals surface area contributed by atoms with Crippen LogP contribution in [0.2, 0.25) is 0 Å². The normalized spacial score (nSPS) is 12.7. The van der Waals surface area contributed by atoms with Crippen LogP contribution < -0.4 is 0 Å². The third kappa shape index (κ3) is 5.94. The van der Waals surface area contributed by atoms with Gasteiger partial charge in [-0.1, -0.05) is 80.1 Å². The fourth-order valence-corrected chi connectivity index (χ4v) is 3.69. The average molecular weight is 414 g/mol. The third-order valence-electron chi connectivity index (χ3n) is 5.40. The molecular weight excluding hydrogens is 388 g/mol. The molecule has 0 aliphatic carbocycles. The number of halogens is 4. The van der Waals surface area contributed by atoms with E-state index in [9.17, 15) is 17.6 Å². The van der Waals surface area contributed by atoms with Crippen molar-refractivity contribution in [3.8, 4) is 0 Å². The van der Waals surface area contributed by atoms with Gasteiger partial charge in [0.25, 0.3) is 0 Å². The number of hydrogen-bond donors (Lipinski definition) is 0. The molecule has 3 rings (SSSR count). The molecular formula is C26H26F4. The van der Waals surface area contributed by atoms with E-state index in [2.05, 4.69) is 0 Å². The van der Waals surface area contributed by atoms with Crippen molar-refractivity contribution in [2.24, 2.45) is 0 Å². The highest BCUT2D eigenvalue weighted by molar-refractivity contribution is 5.30. The zero-order valence-corrected chi connectivity index (χ0v) is 17.1. The maximum Gasteiger partial charge on any atom is 0.396 e. The van der Waals surface area contributed by atoms with Crippen molar-refractivity contribution in [1.82, 2.24) is 0 Å². The Kier molecular flexibility index (Phi) is 7.30. The number of hydrogen-bond acceptors (Lipinski definition) is 0. The lowest BCUT2D eigenvalue weighted by Crippen LogP contribution is -2.23. The Hall–Kier alpha value is -2.62. The van der Waals surface area contributed by atoms with Gasteiger partial charge in [-0.25, -0.2) is 4.39 Å². The molecule has 3 aromatic carbocycles. The van der Waals surface area contributed by atoms with Gasteiger partial charge in [-0.05, 0) is 59.6 Å². The SMILES string of the molecule is CCCc1ccc(CCc2ccc(C[C@@H](c3ccccc3)C(F)(F)F)cc2)cc1F. The van der Waals surface area contributed by atoms with E-state index in [1.807, 2.05) is 31.2 Å². The summed E-state index contributed by atoms with van der Waals surface area (Å²) in [6.45, 7) is 2.02. The highest BCUT2D eigenvalue weighted by Crippen LogP contribution is 2.37. The summed E-state index contributed by atoms with van der Waals surface area (Å²) in [6, 6.07) is 20.7. The molecule has 0 saturated carbocycles. The molecule has 0 fully saturated rings. The minimum absolute atomic E-state index is 0.0854. The largest absolute Gasteiger partial charge is 0.396 e. The van der Waals surface area contributed by atoms with E-state index in [0.29, 0.717) is 18.4 Å². The Balaban J connectivity index is 1.64. The van der Waals surface area contributed by atoms with Gasteiger partial charge in [0.15, 0.2) is 0 Å². The molecule has 0 nitrogen and oxygen atoms in total. The van der Waals surface area contributed by atoms with Crippen LogP contribution in [-0.2, 0) is 25.7 Å². The lowest BCUT2D eigenvalue weighted by Gasteiger charge is -2.21. The highest BCUT2D eigenvalue weighted by atomic mass is 19.4. The minimum Gasteiger partial charge on any atom is -0.207 e. The maximum absolute atomic E-state index is 14.1. The van der Waals surface area contributed by atoms with Gasteiger partial charge < -0.3 is 0 Å². The van der Waals surface area contributed by atoms with E-state index in [-0.39, 0.29) is 17.8 Å². The van der Waals surface area contributed by atoms with Gasteiger partial charge in [-0.2, -0.15) is 13.2 Å². The zero-order chi connectivity index (χ0) is 21.6. The molecule has 0 spiro atoms. The molecule has 0 bridgehead atoms. The van der Waals surface area contributed by atoms with Gasteiger partial charge in [0.1, 0.15) is 5.82 Å². The first-order chi connectivity index (χ1) is 14.4. The fraction of sp³-hybridized carbons (Fsp3) is 0.308. The van der Waals surface area contributed by atoms with Gasteiger partial charge in [0.2, 0.25) is 0 Å². The Morgan fingerprint density at radius 2 is 1.33 bits per heavy atom. The van der Waals surface area contributed by atoms with Crippen LogP contribution in [0.5, 0.6) is 0 Å². The molecule has 0 radical (unpaired) electrons. The molecule has 0 aromatic heterocycles. The molecule has 158 valence electrons. The topological polar surface area (TPSA) is 0 Å². The fourth-order valence-electron chi connectivity index (χ4n) is 3.69. The van der Waals surface area contributed by atoms with Crippen molar-refractivity contribution >= 4 is 0 Å². The maximum atomic E-state index is 14.1. The number of benzene rings is 3. The monoisotopic (exact) mass is 414 g/mol. The molecule has 0 N–H and O–H groups in total. The molecule has 3 aromatic rings. The predicted molar refractivity (Wildman–Crippen MR) is 113 cm³/mol. The summed E-state index contributed by atoms with van der Waals surface area (Å²) in [5, 5.41) is 0. The van der Waals surface area contributed by atoms with Gasteiger partial charge in [-0.3, -0.25) is 0 Å². The number of rotatable bonds is 8. The molecule has 0 saturated heterocycles.